The third kappa shape index (κ3) is 4.70. The summed E-state index contributed by atoms with van der Waals surface area (Å²) in [7, 11) is 9.27. The minimum Gasteiger partial charge on any atom is -0.493 e. The minimum atomic E-state index is -1.00. The van der Waals surface area contributed by atoms with Gasteiger partial charge >= 0.3 is 6.03 Å². The van der Waals surface area contributed by atoms with Crippen LogP contribution in [-0.2, 0) is 14.4 Å². The molecule has 34 heavy (non-hydrogen) atoms. The van der Waals surface area contributed by atoms with E-state index >= 15 is 0 Å². The number of carbonyl (C=O) groups excluding carboxylic acids is 4. The summed E-state index contributed by atoms with van der Waals surface area (Å²) in [6, 6.07) is 4.94. The van der Waals surface area contributed by atoms with Crippen molar-refractivity contribution in [3.8, 4) is 11.5 Å². The Morgan fingerprint density at radius 2 is 1.74 bits per heavy atom. The van der Waals surface area contributed by atoms with Gasteiger partial charge in [0, 0.05) is 28.2 Å². The normalized spacial score (nSPS) is 25.5. The maximum atomic E-state index is 13.2. The highest BCUT2D eigenvalue weighted by Crippen LogP contribution is 2.38. The molecule has 4 amide bonds. The Kier molecular flexibility index (Phi) is 7.74. The summed E-state index contributed by atoms with van der Waals surface area (Å²) in [4.78, 5) is 54.8. The number of hydrogen-bond acceptors (Lipinski definition) is 9. The molecular formula is C22H31N5O6S. The van der Waals surface area contributed by atoms with Gasteiger partial charge in [-0.25, -0.2) is 4.79 Å². The molecule has 2 aliphatic heterocycles. The molecule has 2 N–H and O–H groups in total. The molecule has 1 aromatic rings. The molecule has 5 atom stereocenters. The fourth-order valence-corrected chi connectivity index (χ4v) is 5.57. The van der Waals surface area contributed by atoms with E-state index in [1.165, 1.54) is 30.9 Å². The number of carbonyl (C=O) groups is 4. The number of ketones is 1. The summed E-state index contributed by atoms with van der Waals surface area (Å²) in [5.74, 6) is -0.728. The quantitative estimate of drug-likeness (QED) is 0.522. The van der Waals surface area contributed by atoms with Crippen molar-refractivity contribution in [2.45, 2.75) is 29.9 Å². The van der Waals surface area contributed by atoms with E-state index in [1.807, 2.05) is 6.07 Å². The number of fused-ring (bicyclic) bond motifs is 1. The van der Waals surface area contributed by atoms with E-state index in [-0.39, 0.29) is 11.7 Å². The van der Waals surface area contributed by atoms with Gasteiger partial charge in [0.1, 0.15) is 5.25 Å². The molecule has 2 saturated heterocycles. The molecule has 5 unspecified atom stereocenters. The van der Waals surface area contributed by atoms with Crippen LogP contribution in [0.5, 0.6) is 11.5 Å². The second-order valence-electron chi connectivity index (χ2n) is 8.42. The van der Waals surface area contributed by atoms with Gasteiger partial charge in [0.2, 0.25) is 11.8 Å². The average molecular weight is 494 g/mol. The van der Waals surface area contributed by atoms with Crippen LogP contribution in [0, 0.1) is 5.92 Å². The van der Waals surface area contributed by atoms with E-state index in [1.54, 1.807) is 40.4 Å². The number of urea groups is 1. The predicted octanol–water partition coefficient (Wildman–Crippen LogP) is 0.466. The first-order valence-corrected chi connectivity index (χ1v) is 11.6. The number of rotatable bonds is 7. The van der Waals surface area contributed by atoms with E-state index in [0.29, 0.717) is 11.5 Å². The molecule has 0 bridgehead atoms. The number of imide groups is 1. The van der Waals surface area contributed by atoms with E-state index in [0.717, 1.165) is 22.2 Å². The van der Waals surface area contributed by atoms with E-state index in [4.69, 9.17) is 9.47 Å². The van der Waals surface area contributed by atoms with Gasteiger partial charge in [-0.05, 0) is 24.6 Å². The number of nitrogens with zero attached hydrogens (tertiary/aromatic N) is 3. The molecular weight excluding hydrogens is 462 g/mol. The average Bonchev–Trinajstić information content (AvgIpc) is 2.82. The molecule has 11 nitrogen and oxygen atoms in total. The standard InChI is InChI=1S/C22H31N5O6S/c1-11(28)16(21(30)25(2)3)34-19-15-18(26(4)22(31)27(5)20(15)29)23-17(24-19)12-8-9-13(32-6)14(10-12)33-7/h8-10,15-19,23-24H,1-7H3. The van der Waals surface area contributed by atoms with Crippen LogP contribution in [-0.4, -0.2) is 97.5 Å². The highest BCUT2D eigenvalue weighted by Gasteiger charge is 2.52. The zero-order valence-electron chi connectivity index (χ0n) is 20.3. The SMILES string of the molecule is COc1ccc(C2NC(SC(C(C)=O)C(=O)N(C)C)C3C(=O)N(C)C(=O)N(C)C3N2)cc1OC. The molecule has 3 rings (SSSR count). The molecule has 0 radical (unpaired) electrons. The van der Waals surface area contributed by atoms with Crippen molar-refractivity contribution in [3.63, 3.8) is 0 Å². The topological polar surface area (TPSA) is 121 Å². The summed E-state index contributed by atoms with van der Waals surface area (Å²) in [5.41, 5.74) is 0.771. The van der Waals surface area contributed by atoms with Crippen LogP contribution < -0.4 is 20.1 Å². The number of ether oxygens (including phenoxy) is 2. The van der Waals surface area contributed by atoms with Gasteiger partial charge in [0.05, 0.1) is 37.8 Å². The number of hydrogen-bond donors (Lipinski definition) is 2. The minimum absolute atomic E-state index is 0.315. The Morgan fingerprint density at radius 3 is 2.29 bits per heavy atom. The van der Waals surface area contributed by atoms with Crippen molar-refractivity contribution in [1.82, 2.24) is 25.3 Å². The fraction of sp³-hybridized carbons (Fsp3) is 0.545. The van der Waals surface area contributed by atoms with Crippen molar-refractivity contribution >= 4 is 35.4 Å². The van der Waals surface area contributed by atoms with E-state index < -0.39 is 40.8 Å². The zero-order valence-corrected chi connectivity index (χ0v) is 21.1. The third-order valence-electron chi connectivity index (χ3n) is 6.01. The lowest BCUT2D eigenvalue weighted by Gasteiger charge is -2.50. The number of nitrogens with one attached hydrogen (secondary N) is 2. The van der Waals surface area contributed by atoms with Gasteiger partial charge in [0.15, 0.2) is 17.3 Å². The van der Waals surface area contributed by atoms with Crippen molar-refractivity contribution in [3.05, 3.63) is 23.8 Å². The molecule has 2 heterocycles. The summed E-state index contributed by atoms with van der Waals surface area (Å²) in [5, 5.41) is 5.06. The predicted molar refractivity (Wildman–Crippen MR) is 126 cm³/mol. The van der Waals surface area contributed by atoms with Gasteiger partial charge in [0.25, 0.3) is 0 Å². The van der Waals surface area contributed by atoms with Gasteiger partial charge in [-0.1, -0.05) is 6.07 Å². The van der Waals surface area contributed by atoms with Gasteiger partial charge in [-0.2, -0.15) is 0 Å². The number of benzene rings is 1. The summed E-state index contributed by atoms with van der Waals surface area (Å²) < 4.78 is 10.7. The highest BCUT2D eigenvalue weighted by molar-refractivity contribution is 8.02. The molecule has 1 aromatic carbocycles. The smallest absolute Gasteiger partial charge is 0.327 e. The largest absolute Gasteiger partial charge is 0.493 e. The summed E-state index contributed by atoms with van der Waals surface area (Å²) in [6.07, 6.45) is -1.16. The van der Waals surface area contributed by atoms with Crippen molar-refractivity contribution in [2.24, 2.45) is 5.92 Å². The van der Waals surface area contributed by atoms with Crippen LogP contribution in [0.15, 0.2) is 18.2 Å². The van der Waals surface area contributed by atoms with Gasteiger partial charge < -0.3 is 19.3 Å². The summed E-state index contributed by atoms with van der Waals surface area (Å²) >= 11 is 1.09. The van der Waals surface area contributed by atoms with Crippen LogP contribution in [0.3, 0.4) is 0 Å². The fourth-order valence-electron chi connectivity index (χ4n) is 4.10. The lowest BCUT2D eigenvalue weighted by atomic mass is 9.96. The van der Waals surface area contributed by atoms with Crippen molar-refractivity contribution < 1.29 is 28.7 Å². The molecule has 0 aromatic heterocycles. The lowest BCUT2D eigenvalue weighted by Crippen LogP contribution is -2.72. The van der Waals surface area contributed by atoms with Crippen molar-refractivity contribution in [2.75, 3.05) is 42.4 Å². The Morgan fingerprint density at radius 1 is 1.09 bits per heavy atom. The molecule has 186 valence electrons. The molecule has 2 fully saturated rings. The first kappa shape index (κ1) is 25.8. The number of amides is 4. The molecule has 0 saturated carbocycles. The Balaban J connectivity index is 2.02. The molecule has 2 aliphatic rings. The monoisotopic (exact) mass is 493 g/mol. The van der Waals surface area contributed by atoms with Crippen molar-refractivity contribution in [1.29, 1.82) is 0 Å². The Bertz CT molecular complexity index is 989. The van der Waals surface area contributed by atoms with E-state index in [9.17, 15) is 19.2 Å². The van der Waals surface area contributed by atoms with E-state index in [2.05, 4.69) is 10.6 Å². The maximum Gasteiger partial charge on any atom is 0.327 e. The number of Topliss-reactive ketones (excluding diaryl/α,β-unsaturated/α-hetero) is 1. The van der Waals surface area contributed by atoms with Crippen LogP contribution in [0.2, 0.25) is 0 Å². The lowest BCUT2D eigenvalue weighted by molar-refractivity contribution is -0.140. The first-order chi connectivity index (χ1) is 16.0. The first-order valence-electron chi connectivity index (χ1n) is 10.7. The Hall–Kier alpha value is -2.83. The number of methoxy groups -OCH3 is 2. The third-order valence-corrected chi connectivity index (χ3v) is 7.54. The van der Waals surface area contributed by atoms with Crippen LogP contribution in [0.4, 0.5) is 4.79 Å². The molecule has 0 spiro atoms. The maximum absolute atomic E-state index is 13.2. The molecule has 0 aliphatic carbocycles. The summed E-state index contributed by atoms with van der Waals surface area (Å²) in [6.45, 7) is 1.36. The highest BCUT2D eigenvalue weighted by atomic mass is 32.2. The van der Waals surface area contributed by atoms with Gasteiger partial charge in [-0.15, -0.1) is 11.8 Å². The molecule has 12 heteroatoms. The number of thioether (sulfide) groups is 1. The Labute approximate surface area is 203 Å². The zero-order chi connectivity index (χ0) is 25.3. The van der Waals surface area contributed by atoms with Crippen LogP contribution in [0.25, 0.3) is 0 Å². The second-order valence-corrected chi connectivity index (χ2v) is 9.67. The van der Waals surface area contributed by atoms with Crippen LogP contribution >= 0.6 is 11.8 Å². The van der Waals surface area contributed by atoms with Crippen LogP contribution in [0.1, 0.15) is 18.7 Å². The van der Waals surface area contributed by atoms with Gasteiger partial charge in [-0.3, -0.25) is 29.9 Å². The second kappa shape index (κ2) is 10.2.